The van der Waals surface area contributed by atoms with Crippen molar-refractivity contribution >= 4 is 13.5 Å². The molecule has 0 aliphatic heterocycles. The van der Waals surface area contributed by atoms with Crippen LogP contribution in [-0.2, 0) is 4.79 Å². The number of allylic oxidation sites excluding steroid dienone is 1. The van der Waals surface area contributed by atoms with Gasteiger partial charge in [0.1, 0.15) is 0 Å². The van der Waals surface area contributed by atoms with E-state index in [1.165, 1.54) is 0 Å². The zero-order chi connectivity index (χ0) is 5.70. The molecular weight excluding hydrogens is 86.9 g/mol. The van der Waals surface area contributed by atoms with Gasteiger partial charge < -0.3 is 4.79 Å². The molecule has 0 aromatic rings. The van der Waals surface area contributed by atoms with Gasteiger partial charge in [-0.1, -0.05) is 6.08 Å². The summed E-state index contributed by atoms with van der Waals surface area (Å²) in [6.07, 6.45) is 3.21. The third-order valence-electron chi connectivity index (χ3n) is 0.701. The lowest BCUT2D eigenvalue weighted by Gasteiger charge is -1.83. The Labute approximate surface area is 44.8 Å². The second-order valence-corrected chi connectivity index (χ2v) is 1.53. The van der Waals surface area contributed by atoms with Crippen LogP contribution in [0.25, 0.3) is 0 Å². The lowest BCUT2D eigenvalue weighted by atomic mass is 9.98. The van der Waals surface area contributed by atoms with Gasteiger partial charge in [0.15, 0.2) is 7.85 Å². The molecule has 0 radical (unpaired) electrons. The second-order valence-electron chi connectivity index (χ2n) is 1.53. The van der Waals surface area contributed by atoms with Gasteiger partial charge in [0.2, 0.25) is 0 Å². The maximum Gasteiger partial charge on any atom is 0.187 e. The van der Waals surface area contributed by atoms with Crippen LogP contribution in [0.4, 0.5) is 0 Å². The molecule has 0 bridgehead atoms. The highest BCUT2D eigenvalue weighted by Gasteiger charge is 1.85. The van der Waals surface area contributed by atoms with Gasteiger partial charge in [-0.05, 0) is 12.8 Å². The van der Waals surface area contributed by atoms with E-state index in [1.54, 1.807) is 13.9 Å². The summed E-state index contributed by atoms with van der Waals surface area (Å²) in [7, 11) is 1.59. The number of hydrogen-bond donors (Lipinski definition) is 0. The van der Waals surface area contributed by atoms with E-state index in [4.69, 9.17) is 0 Å². The first-order valence-corrected chi connectivity index (χ1v) is 2.37. The van der Waals surface area contributed by atoms with Crippen molar-refractivity contribution in [3.05, 3.63) is 12.7 Å². The van der Waals surface area contributed by atoms with E-state index in [0.29, 0.717) is 6.42 Å². The predicted molar refractivity (Wildman–Crippen MR) is 33.0 cm³/mol. The minimum absolute atomic E-state index is 0.236. The van der Waals surface area contributed by atoms with E-state index in [1.807, 2.05) is 0 Å². The Bertz CT molecular complexity index is 78.1. The summed E-state index contributed by atoms with van der Waals surface area (Å²) in [5.74, 6) is 0. The van der Waals surface area contributed by atoms with Crippen molar-refractivity contribution in [2.75, 3.05) is 0 Å². The third-order valence-corrected chi connectivity index (χ3v) is 0.701. The van der Waals surface area contributed by atoms with Gasteiger partial charge in [0, 0.05) is 0 Å². The topological polar surface area (TPSA) is 17.1 Å². The second kappa shape index (κ2) is 3.66. The molecule has 0 N–H and O–H groups in total. The van der Waals surface area contributed by atoms with Crippen LogP contribution < -0.4 is 0 Å². The Balaban J connectivity index is 2.97. The molecule has 0 amide bonds. The minimum atomic E-state index is 0.236. The van der Waals surface area contributed by atoms with Gasteiger partial charge in [0.25, 0.3) is 0 Å². The molecule has 0 aromatic heterocycles. The maximum atomic E-state index is 10.2. The van der Waals surface area contributed by atoms with Crippen LogP contribution in [0.15, 0.2) is 12.7 Å². The Hall–Kier alpha value is -0.525. The van der Waals surface area contributed by atoms with E-state index >= 15 is 0 Å². The fraction of sp³-hybridized carbons (Fsp3) is 0.400. The average Bonchev–Trinajstić information content (AvgIpc) is 1.61. The Kier molecular flexibility index (Phi) is 3.38. The average molecular weight is 95.9 g/mol. The first-order valence-electron chi connectivity index (χ1n) is 2.37. The molecule has 0 atom stereocenters. The highest BCUT2D eigenvalue weighted by molar-refractivity contribution is 6.57. The number of rotatable bonds is 3. The number of carbonyl (C=O) groups is 1. The molecular formula is C5H9BO. The SMILES string of the molecule is BC(=O)CCC=C. The molecule has 0 aliphatic carbocycles. The van der Waals surface area contributed by atoms with E-state index in [9.17, 15) is 4.79 Å². The van der Waals surface area contributed by atoms with Crippen molar-refractivity contribution in [2.24, 2.45) is 0 Å². The van der Waals surface area contributed by atoms with E-state index < -0.39 is 0 Å². The molecule has 0 rings (SSSR count). The molecule has 2 heteroatoms. The fourth-order valence-electron chi connectivity index (χ4n) is 0.305. The molecule has 0 heterocycles. The minimum Gasteiger partial charge on any atom is -0.312 e. The fourth-order valence-corrected chi connectivity index (χ4v) is 0.305. The van der Waals surface area contributed by atoms with Crippen LogP contribution in [0.3, 0.4) is 0 Å². The van der Waals surface area contributed by atoms with Gasteiger partial charge in [-0.2, -0.15) is 0 Å². The quantitative estimate of drug-likeness (QED) is 0.360. The van der Waals surface area contributed by atoms with Crippen LogP contribution in [0.5, 0.6) is 0 Å². The molecule has 1 nitrogen and oxygen atoms in total. The Morgan fingerprint density at radius 1 is 1.86 bits per heavy atom. The van der Waals surface area contributed by atoms with Crippen molar-refractivity contribution in [1.82, 2.24) is 0 Å². The predicted octanol–water partition coefficient (Wildman–Crippen LogP) is 0.112. The van der Waals surface area contributed by atoms with Crippen molar-refractivity contribution in [3.8, 4) is 0 Å². The Morgan fingerprint density at radius 2 is 2.43 bits per heavy atom. The van der Waals surface area contributed by atoms with Gasteiger partial charge >= 0.3 is 0 Å². The van der Waals surface area contributed by atoms with Gasteiger partial charge in [-0.25, -0.2) is 0 Å². The monoisotopic (exact) mass is 96.1 g/mol. The normalized spacial score (nSPS) is 8.00. The molecule has 0 saturated carbocycles. The maximum absolute atomic E-state index is 10.2. The molecule has 0 aliphatic rings. The Morgan fingerprint density at radius 3 is 2.57 bits per heavy atom. The first-order chi connectivity index (χ1) is 3.27. The largest absolute Gasteiger partial charge is 0.312 e. The summed E-state index contributed by atoms with van der Waals surface area (Å²) in [4.78, 5) is 10.2. The summed E-state index contributed by atoms with van der Waals surface area (Å²) in [5, 5.41) is 0. The molecule has 7 heavy (non-hydrogen) atoms. The summed E-state index contributed by atoms with van der Waals surface area (Å²) in [6, 6.07) is 0. The van der Waals surface area contributed by atoms with Crippen LogP contribution in [-0.4, -0.2) is 13.5 Å². The van der Waals surface area contributed by atoms with Gasteiger partial charge in [-0.3, -0.25) is 0 Å². The molecule has 0 spiro atoms. The van der Waals surface area contributed by atoms with E-state index in [-0.39, 0.29) is 5.68 Å². The van der Waals surface area contributed by atoms with Crippen LogP contribution in [0.1, 0.15) is 12.8 Å². The number of hydrogen-bond acceptors (Lipinski definition) is 1. The third kappa shape index (κ3) is 5.47. The highest BCUT2D eigenvalue weighted by Crippen LogP contribution is 1.85. The molecule has 0 fully saturated rings. The molecule has 0 aromatic carbocycles. The van der Waals surface area contributed by atoms with Crippen LogP contribution in [0.2, 0.25) is 0 Å². The highest BCUT2D eigenvalue weighted by atomic mass is 16.1. The van der Waals surface area contributed by atoms with Crippen LogP contribution in [0, 0.1) is 0 Å². The van der Waals surface area contributed by atoms with E-state index in [2.05, 4.69) is 6.58 Å². The number of carbonyl (C=O) groups excluding carboxylic acids is 1. The standard InChI is InChI=1S/C5H9BO/c1-2-3-4-5(6)7/h2H,1,3-4,6H2. The van der Waals surface area contributed by atoms with Crippen molar-refractivity contribution in [2.45, 2.75) is 12.8 Å². The molecule has 0 saturated heterocycles. The first kappa shape index (κ1) is 6.47. The lowest BCUT2D eigenvalue weighted by molar-refractivity contribution is -0.111. The summed E-state index contributed by atoms with van der Waals surface area (Å²) >= 11 is 0. The van der Waals surface area contributed by atoms with Gasteiger partial charge in [0.05, 0.1) is 5.68 Å². The zero-order valence-corrected chi connectivity index (χ0v) is 4.61. The zero-order valence-electron chi connectivity index (χ0n) is 4.61. The van der Waals surface area contributed by atoms with Crippen LogP contribution >= 0.6 is 0 Å². The lowest BCUT2D eigenvalue weighted by Crippen LogP contribution is -1.92. The van der Waals surface area contributed by atoms with Crippen molar-refractivity contribution < 1.29 is 4.79 Å². The summed E-state index contributed by atoms with van der Waals surface area (Å²) < 4.78 is 0. The smallest absolute Gasteiger partial charge is 0.187 e. The molecule has 0 unspecified atom stereocenters. The van der Waals surface area contributed by atoms with Gasteiger partial charge in [-0.15, -0.1) is 6.58 Å². The van der Waals surface area contributed by atoms with Crippen molar-refractivity contribution in [3.63, 3.8) is 0 Å². The van der Waals surface area contributed by atoms with Crippen molar-refractivity contribution in [1.29, 1.82) is 0 Å². The molecule has 38 valence electrons. The summed E-state index contributed by atoms with van der Waals surface area (Å²) in [5.41, 5.74) is 0.236. The van der Waals surface area contributed by atoms with E-state index in [0.717, 1.165) is 6.42 Å². The summed E-state index contributed by atoms with van der Waals surface area (Å²) in [6.45, 7) is 3.48.